The number of nitrogens with one attached hydrogen (secondary N) is 2. The first-order chi connectivity index (χ1) is 15.3. The van der Waals surface area contributed by atoms with Crippen molar-refractivity contribution < 1.29 is 9.59 Å². The predicted molar refractivity (Wildman–Crippen MR) is 131 cm³/mol. The molecule has 168 valence electrons. The molecule has 1 heterocycles. The van der Waals surface area contributed by atoms with Gasteiger partial charge in [-0.3, -0.25) is 9.59 Å². The Bertz CT molecular complexity index is 1110. The number of thioether (sulfide) groups is 1. The van der Waals surface area contributed by atoms with E-state index in [1.54, 1.807) is 30.3 Å². The van der Waals surface area contributed by atoms with Gasteiger partial charge in [0.1, 0.15) is 0 Å². The molecule has 3 rings (SSSR count). The number of rotatable bonds is 8. The number of anilines is 1. The fourth-order valence-electron chi connectivity index (χ4n) is 2.97. The van der Waals surface area contributed by atoms with Gasteiger partial charge in [0.05, 0.1) is 16.8 Å². The normalized spacial score (nSPS) is 11.9. The van der Waals surface area contributed by atoms with Gasteiger partial charge in [0.2, 0.25) is 5.91 Å². The molecule has 0 radical (unpaired) electrons. The SMILES string of the molecule is CC(C)[C@@H](NC(=O)c1ccccc1)c1nnc(SCC(=O)Nc2ccc(Cl)c(Br)c2)n1C. The quantitative estimate of drug-likeness (QED) is 0.392. The maximum atomic E-state index is 12.6. The van der Waals surface area contributed by atoms with Gasteiger partial charge in [-0.1, -0.05) is 55.4 Å². The molecule has 2 N–H and O–H groups in total. The minimum Gasteiger partial charge on any atom is -0.342 e. The number of hydrogen-bond acceptors (Lipinski definition) is 5. The number of amides is 2. The van der Waals surface area contributed by atoms with E-state index in [1.165, 1.54) is 11.8 Å². The van der Waals surface area contributed by atoms with Crippen molar-refractivity contribution in [2.24, 2.45) is 13.0 Å². The summed E-state index contributed by atoms with van der Waals surface area (Å²) in [6.45, 7) is 4.02. The van der Waals surface area contributed by atoms with Crippen LogP contribution < -0.4 is 10.6 Å². The van der Waals surface area contributed by atoms with Crippen LogP contribution in [0.4, 0.5) is 5.69 Å². The van der Waals surface area contributed by atoms with E-state index >= 15 is 0 Å². The fraction of sp³-hybridized carbons (Fsp3) is 0.273. The van der Waals surface area contributed by atoms with Crippen LogP contribution in [0, 0.1) is 5.92 Å². The minimum atomic E-state index is -0.324. The van der Waals surface area contributed by atoms with E-state index in [2.05, 4.69) is 36.8 Å². The summed E-state index contributed by atoms with van der Waals surface area (Å²) < 4.78 is 2.52. The Labute approximate surface area is 204 Å². The summed E-state index contributed by atoms with van der Waals surface area (Å²) in [7, 11) is 1.83. The van der Waals surface area contributed by atoms with Crippen LogP contribution >= 0.6 is 39.3 Å². The number of carbonyl (C=O) groups is 2. The largest absolute Gasteiger partial charge is 0.342 e. The van der Waals surface area contributed by atoms with Crippen LogP contribution in [0.5, 0.6) is 0 Å². The molecule has 3 aromatic rings. The summed E-state index contributed by atoms with van der Waals surface area (Å²) in [6.07, 6.45) is 0. The molecule has 0 saturated carbocycles. The van der Waals surface area contributed by atoms with Crippen molar-refractivity contribution in [1.29, 1.82) is 0 Å². The highest BCUT2D eigenvalue weighted by molar-refractivity contribution is 9.10. The van der Waals surface area contributed by atoms with E-state index in [-0.39, 0.29) is 29.5 Å². The maximum Gasteiger partial charge on any atom is 0.251 e. The highest BCUT2D eigenvalue weighted by Crippen LogP contribution is 2.27. The zero-order valence-electron chi connectivity index (χ0n) is 17.8. The summed E-state index contributed by atoms with van der Waals surface area (Å²) in [5, 5.41) is 15.6. The van der Waals surface area contributed by atoms with Crippen molar-refractivity contribution in [2.45, 2.75) is 25.0 Å². The van der Waals surface area contributed by atoms with Gasteiger partial charge in [0.15, 0.2) is 11.0 Å². The molecule has 0 fully saturated rings. The Morgan fingerprint density at radius 3 is 2.53 bits per heavy atom. The maximum absolute atomic E-state index is 12.6. The average Bonchev–Trinajstić information content (AvgIpc) is 3.13. The fourth-order valence-corrected chi connectivity index (χ4v) is 4.18. The Hall–Kier alpha value is -2.36. The molecule has 0 bridgehead atoms. The van der Waals surface area contributed by atoms with Crippen molar-refractivity contribution >= 4 is 56.8 Å². The van der Waals surface area contributed by atoms with Gasteiger partial charge in [0, 0.05) is 22.8 Å². The van der Waals surface area contributed by atoms with Crippen molar-refractivity contribution in [1.82, 2.24) is 20.1 Å². The number of nitrogens with zero attached hydrogens (tertiary/aromatic N) is 3. The van der Waals surface area contributed by atoms with E-state index in [4.69, 9.17) is 11.6 Å². The first-order valence-electron chi connectivity index (χ1n) is 9.89. The lowest BCUT2D eigenvalue weighted by Crippen LogP contribution is -2.33. The van der Waals surface area contributed by atoms with E-state index in [0.29, 0.717) is 31.7 Å². The van der Waals surface area contributed by atoms with Crippen molar-refractivity contribution in [3.8, 4) is 0 Å². The highest BCUT2D eigenvalue weighted by atomic mass is 79.9. The number of carbonyl (C=O) groups excluding carboxylic acids is 2. The number of halogens is 2. The molecule has 0 spiro atoms. The van der Waals surface area contributed by atoms with Crippen molar-refractivity contribution in [2.75, 3.05) is 11.1 Å². The van der Waals surface area contributed by atoms with Crippen LogP contribution in [0.15, 0.2) is 58.2 Å². The van der Waals surface area contributed by atoms with E-state index in [9.17, 15) is 9.59 Å². The molecule has 0 aliphatic carbocycles. The third-order valence-corrected chi connectivity index (χ3v) is 6.91. The Morgan fingerprint density at radius 2 is 1.88 bits per heavy atom. The van der Waals surface area contributed by atoms with Crippen molar-refractivity contribution in [3.05, 3.63) is 69.4 Å². The van der Waals surface area contributed by atoms with E-state index in [1.807, 2.05) is 43.7 Å². The number of aromatic nitrogens is 3. The smallest absolute Gasteiger partial charge is 0.251 e. The first-order valence-corrected chi connectivity index (χ1v) is 12.0. The van der Waals surface area contributed by atoms with Gasteiger partial charge in [0.25, 0.3) is 5.91 Å². The predicted octanol–water partition coefficient (Wildman–Crippen LogP) is 5.09. The highest BCUT2D eigenvalue weighted by Gasteiger charge is 2.25. The number of hydrogen-bond donors (Lipinski definition) is 2. The lowest BCUT2D eigenvalue weighted by molar-refractivity contribution is -0.113. The van der Waals surface area contributed by atoms with Gasteiger partial charge < -0.3 is 15.2 Å². The van der Waals surface area contributed by atoms with E-state index < -0.39 is 0 Å². The molecule has 1 aromatic heterocycles. The average molecular weight is 537 g/mol. The van der Waals surface area contributed by atoms with Gasteiger partial charge in [-0.2, -0.15) is 0 Å². The minimum absolute atomic E-state index is 0.0927. The standard InChI is InChI=1S/C22H23BrClN5O2S/c1-13(2)19(26-21(31)14-7-5-4-6-8-14)20-27-28-22(29(20)3)32-12-18(30)25-15-9-10-17(24)16(23)11-15/h4-11,13,19H,12H2,1-3H3,(H,25,30)(H,26,31)/t19-/m1/s1. The molecule has 1 atom stereocenters. The molecule has 32 heavy (non-hydrogen) atoms. The zero-order valence-corrected chi connectivity index (χ0v) is 21.0. The topological polar surface area (TPSA) is 88.9 Å². The van der Waals surface area contributed by atoms with Crippen LogP contribution in [0.25, 0.3) is 0 Å². The third kappa shape index (κ3) is 6.11. The molecule has 0 unspecified atom stereocenters. The number of benzene rings is 2. The van der Waals surface area contributed by atoms with Gasteiger partial charge in [-0.05, 0) is 52.2 Å². The van der Waals surface area contributed by atoms with Gasteiger partial charge in [-0.15, -0.1) is 10.2 Å². The molecule has 0 saturated heterocycles. The summed E-state index contributed by atoms with van der Waals surface area (Å²) in [4.78, 5) is 25.0. The molecule has 10 heteroatoms. The molecule has 0 aliphatic rings. The van der Waals surface area contributed by atoms with Crippen LogP contribution in [0.2, 0.25) is 5.02 Å². The zero-order chi connectivity index (χ0) is 23.3. The Morgan fingerprint density at radius 1 is 1.16 bits per heavy atom. The molecular weight excluding hydrogens is 514 g/mol. The van der Waals surface area contributed by atoms with E-state index in [0.717, 1.165) is 0 Å². The molecule has 0 aliphatic heterocycles. The summed E-state index contributed by atoms with van der Waals surface area (Å²) >= 11 is 10.6. The summed E-state index contributed by atoms with van der Waals surface area (Å²) in [6, 6.07) is 13.9. The van der Waals surface area contributed by atoms with Crippen LogP contribution in [-0.4, -0.2) is 32.3 Å². The second kappa shape index (κ2) is 11.0. The molecule has 2 amide bonds. The van der Waals surface area contributed by atoms with Crippen molar-refractivity contribution in [3.63, 3.8) is 0 Å². The summed E-state index contributed by atoms with van der Waals surface area (Å²) in [5.41, 5.74) is 1.23. The monoisotopic (exact) mass is 535 g/mol. The van der Waals surface area contributed by atoms with Crippen LogP contribution in [-0.2, 0) is 11.8 Å². The lowest BCUT2D eigenvalue weighted by Gasteiger charge is -2.21. The lowest BCUT2D eigenvalue weighted by atomic mass is 10.0. The Balaban J connectivity index is 1.65. The Kier molecular flexibility index (Phi) is 8.33. The second-order valence-corrected chi connectivity index (χ2v) is 9.63. The molecule has 2 aromatic carbocycles. The van der Waals surface area contributed by atoms with Crippen LogP contribution in [0.1, 0.15) is 36.1 Å². The van der Waals surface area contributed by atoms with Gasteiger partial charge >= 0.3 is 0 Å². The summed E-state index contributed by atoms with van der Waals surface area (Å²) in [5.74, 6) is 0.542. The first kappa shape index (κ1) is 24.3. The second-order valence-electron chi connectivity index (χ2n) is 7.43. The van der Waals surface area contributed by atoms with Crippen LogP contribution in [0.3, 0.4) is 0 Å². The molecule has 7 nitrogen and oxygen atoms in total. The molecular formula is C22H23BrClN5O2S. The third-order valence-electron chi connectivity index (χ3n) is 4.67. The van der Waals surface area contributed by atoms with Gasteiger partial charge in [-0.25, -0.2) is 0 Å².